The number of halogens is 3. The van der Waals surface area contributed by atoms with Crippen molar-refractivity contribution < 1.29 is 13.2 Å². The first-order valence-electron chi connectivity index (χ1n) is 2.66. The summed E-state index contributed by atoms with van der Waals surface area (Å²) in [5, 5.41) is 5.00. The Morgan fingerprint density at radius 2 is 1.55 bits per heavy atom. The minimum atomic E-state index is -1.47. The van der Waals surface area contributed by atoms with E-state index in [1.165, 1.54) is 0 Å². The molecule has 1 aromatic carbocycles. The third kappa shape index (κ3) is 1.66. The summed E-state index contributed by atoms with van der Waals surface area (Å²) in [5.74, 6) is -3.92. The normalized spacial score (nSPS) is 10.2. The molecule has 0 heterocycles. The van der Waals surface area contributed by atoms with Crippen LogP contribution in [0.4, 0.5) is 13.2 Å². The molecule has 1 aromatic rings. The van der Waals surface area contributed by atoms with Crippen molar-refractivity contribution in [1.29, 1.82) is 0 Å². The molecule has 0 aromatic heterocycles. The van der Waals surface area contributed by atoms with Crippen molar-refractivity contribution in [2.45, 2.75) is 4.90 Å². The van der Waals surface area contributed by atoms with Crippen molar-refractivity contribution >= 4 is 11.9 Å². The highest BCUT2D eigenvalue weighted by atomic mass is 32.2. The number of hydrogen-bond acceptors (Lipinski definition) is 2. The number of hydrogen-bond donors (Lipinski definition) is 1. The maximum absolute atomic E-state index is 12.3. The zero-order valence-corrected chi connectivity index (χ0v) is 6.09. The van der Waals surface area contributed by atoms with Crippen LogP contribution in [0.1, 0.15) is 0 Å². The van der Waals surface area contributed by atoms with Gasteiger partial charge >= 0.3 is 0 Å². The standard InChI is InChI=1S/C6H4F3NS/c7-4-1-3(11-10)2-5(8)6(4)9/h1-2H,10H2. The fraction of sp³-hybridized carbons (Fsp3) is 0. The summed E-state index contributed by atoms with van der Waals surface area (Å²) in [6, 6.07) is 1.67. The summed E-state index contributed by atoms with van der Waals surface area (Å²) >= 11 is 0.659. The van der Waals surface area contributed by atoms with E-state index in [4.69, 9.17) is 5.14 Å². The maximum atomic E-state index is 12.3. The van der Waals surface area contributed by atoms with Crippen LogP contribution < -0.4 is 5.14 Å². The summed E-state index contributed by atoms with van der Waals surface area (Å²) in [6.45, 7) is 0. The monoisotopic (exact) mass is 179 g/mol. The van der Waals surface area contributed by atoms with Gasteiger partial charge in [0.15, 0.2) is 17.5 Å². The minimum absolute atomic E-state index is 0.154. The Balaban J connectivity index is 3.21. The molecule has 60 valence electrons. The molecule has 1 rings (SSSR count). The second kappa shape index (κ2) is 3.15. The van der Waals surface area contributed by atoms with Crippen LogP contribution >= 0.6 is 11.9 Å². The lowest BCUT2D eigenvalue weighted by Crippen LogP contribution is -1.91. The Morgan fingerprint density at radius 3 is 1.91 bits per heavy atom. The zero-order chi connectivity index (χ0) is 8.43. The summed E-state index contributed by atoms with van der Waals surface area (Å²) in [5.41, 5.74) is 0. The van der Waals surface area contributed by atoms with Crippen LogP contribution in [-0.4, -0.2) is 0 Å². The number of benzene rings is 1. The average Bonchev–Trinajstić information content (AvgIpc) is 1.99. The van der Waals surface area contributed by atoms with E-state index in [-0.39, 0.29) is 4.90 Å². The van der Waals surface area contributed by atoms with Gasteiger partial charge in [0, 0.05) is 4.90 Å². The van der Waals surface area contributed by atoms with Gasteiger partial charge < -0.3 is 0 Å². The van der Waals surface area contributed by atoms with Gasteiger partial charge in [-0.15, -0.1) is 0 Å². The molecule has 0 atom stereocenters. The van der Waals surface area contributed by atoms with Crippen LogP contribution in [0.3, 0.4) is 0 Å². The van der Waals surface area contributed by atoms with Gasteiger partial charge in [0.1, 0.15) is 0 Å². The molecule has 0 aliphatic heterocycles. The topological polar surface area (TPSA) is 26.0 Å². The third-order valence-corrected chi connectivity index (χ3v) is 1.60. The molecule has 0 spiro atoms. The predicted octanol–water partition coefficient (Wildman–Crippen LogP) is 2.07. The molecule has 1 nitrogen and oxygen atoms in total. The maximum Gasteiger partial charge on any atom is 0.194 e. The van der Waals surface area contributed by atoms with Crippen LogP contribution in [0.2, 0.25) is 0 Å². The smallest absolute Gasteiger partial charge is 0.194 e. The van der Waals surface area contributed by atoms with Crippen molar-refractivity contribution in [3.05, 3.63) is 29.6 Å². The first-order chi connectivity index (χ1) is 5.15. The molecule has 0 bridgehead atoms. The van der Waals surface area contributed by atoms with Crippen molar-refractivity contribution in [2.24, 2.45) is 5.14 Å². The number of nitrogens with two attached hydrogens (primary N) is 1. The van der Waals surface area contributed by atoms with Crippen molar-refractivity contribution in [2.75, 3.05) is 0 Å². The lowest BCUT2D eigenvalue weighted by molar-refractivity contribution is 0.443. The summed E-state index contributed by atoms with van der Waals surface area (Å²) < 4.78 is 36.9. The Bertz CT molecular complexity index is 254. The quantitative estimate of drug-likeness (QED) is 0.527. The average molecular weight is 179 g/mol. The second-order valence-electron chi connectivity index (χ2n) is 1.82. The Kier molecular flexibility index (Phi) is 2.41. The van der Waals surface area contributed by atoms with E-state index in [0.717, 1.165) is 12.1 Å². The molecule has 0 radical (unpaired) electrons. The number of rotatable bonds is 1. The molecule has 2 N–H and O–H groups in total. The Hall–Kier alpha value is -0.680. The van der Waals surface area contributed by atoms with Crippen LogP contribution in [-0.2, 0) is 0 Å². The second-order valence-corrected chi connectivity index (χ2v) is 2.53. The van der Waals surface area contributed by atoms with Crippen LogP contribution in [0, 0.1) is 17.5 Å². The largest absolute Gasteiger partial charge is 0.274 e. The highest BCUT2D eigenvalue weighted by Crippen LogP contribution is 2.18. The van der Waals surface area contributed by atoms with E-state index in [1.807, 2.05) is 0 Å². The Morgan fingerprint density at radius 1 is 1.09 bits per heavy atom. The van der Waals surface area contributed by atoms with E-state index in [2.05, 4.69) is 0 Å². The highest BCUT2D eigenvalue weighted by Gasteiger charge is 2.09. The molecule has 0 amide bonds. The summed E-state index contributed by atoms with van der Waals surface area (Å²) in [7, 11) is 0. The fourth-order valence-electron chi connectivity index (χ4n) is 0.600. The lowest BCUT2D eigenvalue weighted by atomic mass is 10.3. The molecule has 5 heteroatoms. The van der Waals surface area contributed by atoms with Crippen LogP contribution in [0.25, 0.3) is 0 Å². The van der Waals surface area contributed by atoms with E-state index < -0.39 is 17.5 Å². The molecule has 0 saturated carbocycles. The van der Waals surface area contributed by atoms with Gasteiger partial charge in [-0.1, -0.05) is 0 Å². The van der Waals surface area contributed by atoms with Crippen LogP contribution in [0.5, 0.6) is 0 Å². The molecular weight excluding hydrogens is 175 g/mol. The third-order valence-electron chi connectivity index (χ3n) is 1.09. The SMILES string of the molecule is NSc1cc(F)c(F)c(F)c1. The van der Waals surface area contributed by atoms with E-state index in [0.29, 0.717) is 11.9 Å². The Labute approximate surface area is 65.5 Å². The van der Waals surface area contributed by atoms with Crippen molar-refractivity contribution in [3.8, 4) is 0 Å². The summed E-state index contributed by atoms with van der Waals surface area (Å²) in [4.78, 5) is 0.154. The highest BCUT2D eigenvalue weighted by molar-refractivity contribution is 7.97. The van der Waals surface area contributed by atoms with E-state index in [9.17, 15) is 13.2 Å². The predicted molar refractivity (Wildman–Crippen MR) is 36.4 cm³/mol. The van der Waals surface area contributed by atoms with Gasteiger partial charge in [0.2, 0.25) is 0 Å². The van der Waals surface area contributed by atoms with Crippen molar-refractivity contribution in [3.63, 3.8) is 0 Å². The molecule has 0 saturated heterocycles. The first-order valence-corrected chi connectivity index (χ1v) is 3.54. The molecular formula is C6H4F3NS. The van der Waals surface area contributed by atoms with E-state index in [1.54, 1.807) is 0 Å². The van der Waals surface area contributed by atoms with Crippen molar-refractivity contribution in [1.82, 2.24) is 0 Å². The van der Waals surface area contributed by atoms with Gasteiger partial charge in [-0.2, -0.15) is 0 Å². The van der Waals surface area contributed by atoms with Gasteiger partial charge in [-0.25, -0.2) is 13.2 Å². The molecule has 0 fully saturated rings. The van der Waals surface area contributed by atoms with Gasteiger partial charge in [-0.05, 0) is 24.1 Å². The summed E-state index contributed by atoms with van der Waals surface area (Å²) in [6.07, 6.45) is 0. The molecule has 0 unspecified atom stereocenters. The fourth-order valence-corrected chi connectivity index (χ4v) is 0.943. The first kappa shape index (κ1) is 8.42. The molecule has 0 aliphatic rings. The zero-order valence-electron chi connectivity index (χ0n) is 5.27. The molecule has 11 heavy (non-hydrogen) atoms. The minimum Gasteiger partial charge on any atom is -0.274 e. The van der Waals surface area contributed by atoms with E-state index >= 15 is 0 Å². The van der Waals surface area contributed by atoms with Gasteiger partial charge in [0.05, 0.1) is 0 Å². The van der Waals surface area contributed by atoms with Crippen LogP contribution in [0.15, 0.2) is 17.0 Å². The van der Waals surface area contributed by atoms with Gasteiger partial charge in [-0.3, -0.25) is 5.14 Å². The van der Waals surface area contributed by atoms with Gasteiger partial charge in [0.25, 0.3) is 0 Å². The lowest BCUT2D eigenvalue weighted by Gasteiger charge is -1.97. The molecule has 0 aliphatic carbocycles.